The van der Waals surface area contributed by atoms with E-state index >= 15 is 0 Å². The van der Waals surface area contributed by atoms with E-state index in [1.165, 1.54) is 31.7 Å². The lowest BCUT2D eigenvalue weighted by Crippen LogP contribution is -2.37. The third kappa shape index (κ3) is 2.96. The van der Waals surface area contributed by atoms with Crippen LogP contribution in [0.4, 0.5) is 0 Å². The molecule has 0 aromatic heterocycles. The van der Waals surface area contributed by atoms with E-state index in [-0.39, 0.29) is 23.3 Å². The Labute approximate surface area is 112 Å². The van der Waals surface area contributed by atoms with Crippen LogP contribution in [0.5, 0.6) is 5.75 Å². The number of phenols is 1. The van der Waals surface area contributed by atoms with Crippen LogP contribution in [0, 0.1) is 5.92 Å². The lowest BCUT2D eigenvalue weighted by molar-refractivity contribution is 0.0924. The predicted molar refractivity (Wildman–Crippen MR) is 72.0 cm³/mol. The zero-order chi connectivity index (χ0) is 13.1. The van der Waals surface area contributed by atoms with Crippen LogP contribution in [0.2, 0.25) is 5.02 Å². The monoisotopic (exact) mass is 267 g/mol. The minimum absolute atomic E-state index is 0.0707. The number of halogens is 1. The van der Waals surface area contributed by atoms with Gasteiger partial charge in [0.05, 0.1) is 5.56 Å². The topological polar surface area (TPSA) is 49.3 Å². The van der Waals surface area contributed by atoms with Gasteiger partial charge in [-0.2, -0.15) is 0 Å². The molecule has 2 N–H and O–H groups in total. The number of hydrogen-bond donors (Lipinski definition) is 2. The first-order valence-electron chi connectivity index (χ1n) is 6.37. The summed E-state index contributed by atoms with van der Waals surface area (Å²) in [5.74, 6) is 0.255. The number of nitrogens with one attached hydrogen (secondary N) is 1. The summed E-state index contributed by atoms with van der Waals surface area (Å²) in [6.07, 6.45) is 4.84. The van der Waals surface area contributed by atoms with Crippen molar-refractivity contribution < 1.29 is 9.90 Å². The van der Waals surface area contributed by atoms with Crippen LogP contribution in [-0.4, -0.2) is 17.1 Å². The Hall–Kier alpha value is -1.22. The van der Waals surface area contributed by atoms with E-state index in [9.17, 15) is 9.90 Å². The van der Waals surface area contributed by atoms with Crippen LogP contribution < -0.4 is 5.32 Å². The van der Waals surface area contributed by atoms with Crippen molar-refractivity contribution in [3.8, 4) is 5.75 Å². The summed E-state index contributed by atoms with van der Waals surface area (Å²) >= 11 is 5.74. The van der Waals surface area contributed by atoms with E-state index in [1.54, 1.807) is 12.1 Å². The fourth-order valence-electron chi connectivity index (χ4n) is 2.56. The number of benzene rings is 1. The first kappa shape index (κ1) is 13.2. The van der Waals surface area contributed by atoms with Crippen LogP contribution in [0.15, 0.2) is 18.2 Å². The molecular weight excluding hydrogens is 250 g/mol. The molecule has 1 aromatic rings. The molecule has 0 radical (unpaired) electrons. The van der Waals surface area contributed by atoms with Crippen molar-refractivity contribution in [1.82, 2.24) is 5.32 Å². The first-order chi connectivity index (χ1) is 8.58. The summed E-state index contributed by atoms with van der Waals surface area (Å²) in [5, 5.41) is 13.1. The van der Waals surface area contributed by atoms with Gasteiger partial charge in [-0.3, -0.25) is 4.79 Å². The zero-order valence-corrected chi connectivity index (χ0v) is 11.2. The lowest BCUT2D eigenvalue weighted by Gasteiger charge is -2.20. The molecule has 3 nitrogen and oxygen atoms in total. The van der Waals surface area contributed by atoms with E-state index in [4.69, 9.17) is 11.6 Å². The summed E-state index contributed by atoms with van der Waals surface area (Å²) in [4.78, 5) is 12.0. The summed E-state index contributed by atoms with van der Waals surface area (Å²) in [7, 11) is 0. The van der Waals surface area contributed by atoms with Crippen molar-refractivity contribution >= 4 is 17.5 Å². The van der Waals surface area contributed by atoms with Gasteiger partial charge in [0, 0.05) is 11.1 Å². The van der Waals surface area contributed by atoms with E-state index in [2.05, 4.69) is 5.32 Å². The number of hydrogen-bond acceptors (Lipinski definition) is 2. The van der Waals surface area contributed by atoms with Gasteiger partial charge in [-0.15, -0.1) is 0 Å². The van der Waals surface area contributed by atoms with Gasteiger partial charge in [0.1, 0.15) is 5.75 Å². The smallest absolute Gasteiger partial charge is 0.255 e. The van der Waals surface area contributed by atoms with Crippen molar-refractivity contribution in [2.45, 2.75) is 38.6 Å². The largest absolute Gasteiger partial charge is 0.507 e. The van der Waals surface area contributed by atoms with Crippen molar-refractivity contribution in [3.05, 3.63) is 28.8 Å². The maximum absolute atomic E-state index is 12.0. The highest BCUT2D eigenvalue weighted by Gasteiger charge is 2.23. The Morgan fingerprint density at radius 2 is 2.11 bits per heavy atom. The van der Waals surface area contributed by atoms with Crippen LogP contribution in [0.25, 0.3) is 0 Å². The summed E-state index contributed by atoms with van der Waals surface area (Å²) in [5.41, 5.74) is 0.282. The van der Waals surface area contributed by atoms with Gasteiger partial charge in [0.2, 0.25) is 0 Å². The third-order valence-corrected chi connectivity index (χ3v) is 3.91. The van der Waals surface area contributed by atoms with E-state index in [0.717, 1.165) is 0 Å². The Morgan fingerprint density at radius 1 is 1.44 bits per heavy atom. The molecule has 0 aliphatic heterocycles. The van der Waals surface area contributed by atoms with Crippen LogP contribution in [-0.2, 0) is 0 Å². The number of phenolic OH excluding ortho intramolecular Hbond substituents is 1. The van der Waals surface area contributed by atoms with E-state index in [0.29, 0.717) is 10.9 Å². The average Bonchev–Trinajstić information content (AvgIpc) is 2.81. The maximum Gasteiger partial charge on any atom is 0.255 e. The molecule has 1 aliphatic rings. The summed E-state index contributed by atoms with van der Waals surface area (Å²) in [6.45, 7) is 2.03. The minimum Gasteiger partial charge on any atom is -0.507 e. The van der Waals surface area contributed by atoms with Gasteiger partial charge in [-0.1, -0.05) is 24.4 Å². The predicted octanol–water partition coefficient (Wildman–Crippen LogP) is 3.35. The van der Waals surface area contributed by atoms with E-state index in [1.807, 2.05) is 6.92 Å². The molecule has 0 bridgehead atoms. The third-order valence-electron chi connectivity index (χ3n) is 3.67. The highest BCUT2D eigenvalue weighted by atomic mass is 35.5. The summed E-state index contributed by atoms with van der Waals surface area (Å²) in [6, 6.07) is 4.69. The molecule has 4 heteroatoms. The Kier molecular flexibility index (Phi) is 4.12. The molecule has 0 saturated heterocycles. The van der Waals surface area contributed by atoms with Crippen molar-refractivity contribution in [2.24, 2.45) is 5.92 Å². The maximum atomic E-state index is 12.0. The molecule has 1 amide bonds. The van der Waals surface area contributed by atoms with Crippen molar-refractivity contribution in [2.75, 3.05) is 0 Å². The second-order valence-corrected chi connectivity index (χ2v) is 5.40. The van der Waals surface area contributed by atoms with Gasteiger partial charge >= 0.3 is 0 Å². The molecule has 1 fully saturated rings. The molecular formula is C14H18ClNO2. The minimum atomic E-state index is -0.233. The summed E-state index contributed by atoms with van der Waals surface area (Å²) < 4.78 is 0. The standard InChI is InChI=1S/C14H18ClNO2/c1-9(10-4-2-3-5-10)16-14(18)12-7-6-11(15)8-13(12)17/h6-10,17H,2-5H2,1H3,(H,16,18). The average molecular weight is 268 g/mol. The molecule has 0 heterocycles. The van der Waals surface area contributed by atoms with Gasteiger partial charge in [-0.25, -0.2) is 0 Å². The molecule has 98 valence electrons. The van der Waals surface area contributed by atoms with Crippen LogP contribution in [0.3, 0.4) is 0 Å². The lowest BCUT2D eigenvalue weighted by atomic mass is 9.99. The molecule has 1 unspecified atom stereocenters. The number of carbonyl (C=O) groups is 1. The second-order valence-electron chi connectivity index (χ2n) is 4.97. The van der Waals surface area contributed by atoms with Gasteiger partial charge in [0.15, 0.2) is 0 Å². The SMILES string of the molecule is CC(NC(=O)c1ccc(Cl)cc1O)C1CCCC1. The Balaban J connectivity index is 2.02. The Bertz CT molecular complexity index is 441. The van der Waals surface area contributed by atoms with Gasteiger partial charge < -0.3 is 10.4 Å². The normalized spacial score (nSPS) is 17.7. The van der Waals surface area contributed by atoms with Gasteiger partial charge in [-0.05, 0) is 43.9 Å². The highest BCUT2D eigenvalue weighted by molar-refractivity contribution is 6.30. The van der Waals surface area contributed by atoms with Gasteiger partial charge in [0.25, 0.3) is 5.91 Å². The van der Waals surface area contributed by atoms with Crippen molar-refractivity contribution in [3.63, 3.8) is 0 Å². The number of aromatic hydroxyl groups is 1. The molecule has 1 atom stereocenters. The van der Waals surface area contributed by atoms with Crippen LogP contribution >= 0.6 is 11.6 Å². The quantitative estimate of drug-likeness (QED) is 0.882. The molecule has 1 saturated carbocycles. The van der Waals surface area contributed by atoms with Crippen molar-refractivity contribution in [1.29, 1.82) is 0 Å². The number of rotatable bonds is 3. The molecule has 0 spiro atoms. The fourth-order valence-corrected chi connectivity index (χ4v) is 2.72. The second kappa shape index (κ2) is 5.61. The first-order valence-corrected chi connectivity index (χ1v) is 6.75. The van der Waals surface area contributed by atoms with E-state index < -0.39 is 0 Å². The Morgan fingerprint density at radius 3 is 2.72 bits per heavy atom. The number of carbonyl (C=O) groups excluding carboxylic acids is 1. The highest BCUT2D eigenvalue weighted by Crippen LogP contribution is 2.28. The molecule has 1 aliphatic carbocycles. The molecule has 18 heavy (non-hydrogen) atoms. The number of amides is 1. The zero-order valence-electron chi connectivity index (χ0n) is 10.4. The fraction of sp³-hybridized carbons (Fsp3) is 0.500. The molecule has 2 rings (SSSR count). The van der Waals surface area contributed by atoms with Crippen LogP contribution in [0.1, 0.15) is 43.0 Å². The molecule has 1 aromatic carbocycles.